The van der Waals surface area contributed by atoms with Crippen LogP contribution in [0.15, 0.2) is 36.4 Å². The first kappa shape index (κ1) is 12.7. The van der Waals surface area contributed by atoms with Gasteiger partial charge in [0.05, 0.1) is 17.6 Å². The van der Waals surface area contributed by atoms with Gasteiger partial charge >= 0.3 is 5.97 Å². The predicted octanol–water partition coefficient (Wildman–Crippen LogP) is 3.23. The number of benzene rings is 1. The van der Waals surface area contributed by atoms with Gasteiger partial charge in [-0.05, 0) is 24.4 Å². The number of nitrogens with zero attached hydrogens (tertiary/aromatic N) is 2. The van der Waals surface area contributed by atoms with E-state index in [4.69, 9.17) is 4.74 Å². The lowest BCUT2D eigenvalue weighted by Gasteiger charge is -2.05. The van der Waals surface area contributed by atoms with E-state index in [0.29, 0.717) is 12.3 Å². The molecule has 4 nitrogen and oxygen atoms in total. The van der Waals surface area contributed by atoms with Gasteiger partial charge in [-0.3, -0.25) is 4.40 Å². The van der Waals surface area contributed by atoms with Crippen molar-refractivity contribution in [1.82, 2.24) is 9.38 Å². The Morgan fingerprint density at radius 2 is 1.95 bits per heavy atom. The molecule has 0 aliphatic carbocycles. The standard InChI is InChI=1S/C16H16N2O2/c1-3-14-17-15(16(19)20-4-2)13-10-9-11-7-5-6-8-12(11)18(13)14/h5-10H,3-4H2,1-2H3. The van der Waals surface area contributed by atoms with Gasteiger partial charge < -0.3 is 4.74 Å². The van der Waals surface area contributed by atoms with Gasteiger partial charge in [-0.1, -0.05) is 31.2 Å². The summed E-state index contributed by atoms with van der Waals surface area (Å²) in [4.78, 5) is 16.5. The SMILES string of the molecule is CCOC(=O)c1nc(CC)n2c1ccc1ccccc12. The Kier molecular flexibility index (Phi) is 3.14. The van der Waals surface area contributed by atoms with Crippen molar-refractivity contribution in [3.63, 3.8) is 0 Å². The lowest BCUT2D eigenvalue weighted by Crippen LogP contribution is -2.05. The van der Waals surface area contributed by atoms with Crippen molar-refractivity contribution in [2.24, 2.45) is 0 Å². The van der Waals surface area contributed by atoms with Crippen molar-refractivity contribution >= 4 is 22.4 Å². The number of pyridine rings is 1. The predicted molar refractivity (Wildman–Crippen MR) is 78.0 cm³/mol. The normalized spacial score (nSPS) is 11.1. The lowest BCUT2D eigenvalue weighted by atomic mass is 10.2. The van der Waals surface area contributed by atoms with E-state index in [-0.39, 0.29) is 5.97 Å². The van der Waals surface area contributed by atoms with Crippen molar-refractivity contribution < 1.29 is 9.53 Å². The number of aromatic nitrogens is 2. The van der Waals surface area contributed by atoms with E-state index < -0.39 is 0 Å². The summed E-state index contributed by atoms with van der Waals surface area (Å²) in [5.74, 6) is 0.514. The van der Waals surface area contributed by atoms with Crippen LogP contribution in [0, 0.1) is 0 Å². The van der Waals surface area contributed by atoms with Gasteiger partial charge in [0.2, 0.25) is 0 Å². The summed E-state index contributed by atoms with van der Waals surface area (Å²) in [7, 11) is 0. The molecular formula is C16H16N2O2. The highest BCUT2D eigenvalue weighted by molar-refractivity contribution is 5.97. The molecule has 0 spiro atoms. The van der Waals surface area contributed by atoms with Gasteiger partial charge in [-0.2, -0.15) is 0 Å². The van der Waals surface area contributed by atoms with Crippen molar-refractivity contribution in [2.75, 3.05) is 6.61 Å². The highest BCUT2D eigenvalue weighted by Crippen LogP contribution is 2.22. The average molecular weight is 268 g/mol. The third-order valence-corrected chi connectivity index (χ3v) is 3.37. The molecular weight excluding hydrogens is 252 g/mol. The van der Waals surface area contributed by atoms with Crippen LogP contribution >= 0.6 is 0 Å². The number of hydrogen-bond donors (Lipinski definition) is 0. The molecule has 20 heavy (non-hydrogen) atoms. The Hall–Kier alpha value is -2.36. The van der Waals surface area contributed by atoms with E-state index in [9.17, 15) is 4.79 Å². The van der Waals surface area contributed by atoms with Crippen LogP contribution in [0.5, 0.6) is 0 Å². The molecule has 0 saturated carbocycles. The molecule has 0 saturated heterocycles. The van der Waals surface area contributed by atoms with Gasteiger partial charge in [0.1, 0.15) is 5.82 Å². The minimum absolute atomic E-state index is 0.354. The number of carbonyl (C=O) groups excluding carboxylic acids is 1. The molecule has 0 radical (unpaired) electrons. The minimum atomic E-state index is -0.361. The molecule has 0 amide bonds. The van der Waals surface area contributed by atoms with E-state index in [1.165, 1.54) is 0 Å². The topological polar surface area (TPSA) is 43.6 Å². The molecule has 0 aliphatic heterocycles. The van der Waals surface area contributed by atoms with Crippen LogP contribution in [0.25, 0.3) is 16.4 Å². The molecule has 0 fully saturated rings. The third kappa shape index (κ3) is 1.84. The van der Waals surface area contributed by atoms with E-state index in [1.54, 1.807) is 6.92 Å². The lowest BCUT2D eigenvalue weighted by molar-refractivity contribution is 0.0522. The van der Waals surface area contributed by atoms with E-state index in [2.05, 4.69) is 11.1 Å². The van der Waals surface area contributed by atoms with Crippen LogP contribution in [0.3, 0.4) is 0 Å². The second kappa shape index (κ2) is 4.96. The molecule has 0 unspecified atom stereocenters. The molecule has 2 heterocycles. The average Bonchev–Trinajstić information content (AvgIpc) is 2.86. The zero-order valence-corrected chi connectivity index (χ0v) is 11.6. The number of fused-ring (bicyclic) bond motifs is 3. The Morgan fingerprint density at radius 3 is 2.70 bits per heavy atom. The second-order valence-corrected chi connectivity index (χ2v) is 4.56. The van der Waals surface area contributed by atoms with E-state index in [1.807, 2.05) is 41.7 Å². The Labute approximate surface area is 117 Å². The van der Waals surface area contributed by atoms with Gasteiger partial charge in [-0.15, -0.1) is 0 Å². The molecule has 1 aromatic carbocycles. The number of esters is 1. The molecule has 0 aliphatic rings. The highest BCUT2D eigenvalue weighted by atomic mass is 16.5. The maximum absolute atomic E-state index is 12.0. The van der Waals surface area contributed by atoms with Crippen molar-refractivity contribution in [3.05, 3.63) is 47.9 Å². The molecule has 4 heteroatoms. The van der Waals surface area contributed by atoms with Crippen LogP contribution in [-0.4, -0.2) is 22.0 Å². The highest BCUT2D eigenvalue weighted by Gasteiger charge is 2.18. The zero-order chi connectivity index (χ0) is 14.1. The van der Waals surface area contributed by atoms with E-state index >= 15 is 0 Å². The molecule has 102 valence electrons. The van der Waals surface area contributed by atoms with Crippen molar-refractivity contribution in [1.29, 1.82) is 0 Å². The fourth-order valence-electron chi connectivity index (χ4n) is 2.49. The Morgan fingerprint density at radius 1 is 1.15 bits per heavy atom. The number of hydrogen-bond acceptors (Lipinski definition) is 3. The maximum atomic E-state index is 12.0. The fourth-order valence-corrected chi connectivity index (χ4v) is 2.49. The smallest absolute Gasteiger partial charge is 0.359 e. The van der Waals surface area contributed by atoms with Crippen molar-refractivity contribution in [2.45, 2.75) is 20.3 Å². The number of rotatable bonds is 3. The summed E-state index contributed by atoms with van der Waals surface area (Å²) in [5.41, 5.74) is 2.26. The van der Waals surface area contributed by atoms with Crippen LogP contribution < -0.4 is 0 Å². The largest absolute Gasteiger partial charge is 0.461 e. The van der Waals surface area contributed by atoms with Gasteiger partial charge in [0, 0.05) is 6.42 Å². The number of aryl methyl sites for hydroxylation is 1. The Balaban J connectivity index is 2.35. The van der Waals surface area contributed by atoms with Crippen LogP contribution in [0.1, 0.15) is 30.2 Å². The Bertz CT molecular complexity index is 790. The van der Waals surface area contributed by atoms with Crippen molar-refractivity contribution in [3.8, 4) is 0 Å². The first-order valence-electron chi connectivity index (χ1n) is 6.82. The molecule has 0 atom stereocenters. The summed E-state index contributed by atoms with van der Waals surface area (Å²) in [5, 5.41) is 1.13. The number of ether oxygens (including phenoxy) is 1. The summed E-state index contributed by atoms with van der Waals surface area (Å²) >= 11 is 0. The molecule has 3 aromatic rings. The fraction of sp³-hybridized carbons (Fsp3) is 0.250. The maximum Gasteiger partial charge on any atom is 0.359 e. The second-order valence-electron chi connectivity index (χ2n) is 4.56. The van der Waals surface area contributed by atoms with E-state index in [0.717, 1.165) is 28.7 Å². The number of imidazole rings is 1. The first-order valence-corrected chi connectivity index (χ1v) is 6.82. The molecule has 0 bridgehead atoms. The molecule has 0 N–H and O–H groups in total. The monoisotopic (exact) mass is 268 g/mol. The molecule has 2 aromatic heterocycles. The van der Waals surface area contributed by atoms with Crippen LogP contribution in [0.4, 0.5) is 0 Å². The van der Waals surface area contributed by atoms with Gasteiger partial charge in [-0.25, -0.2) is 9.78 Å². The van der Waals surface area contributed by atoms with Gasteiger partial charge in [0.15, 0.2) is 5.69 Å². The number of para-hydroxylation sites is 1. The number of carbonyl (C=O) groups is 1. The summed E-state index contributed by atoms with van der Waals surface area (Å²) in [6.45, 7) is 4.19. The first-order chi connectivity index (χ1) is 9.76. The molecule has 3 rings (SSSR count). The zero-order valence-electron chi connectivity index (χ0n) is 11.6. The summed E-state index contributed by atoms with van der Waals surface area (Å²) in [6, 6.07) is 12.0. The quantitative estimate of drug-likeness (QED) is 0.685. The summed E-state index contributed by atoms with van der Waals surface area (Å²) < 4.78 is 7.13. The third-order valence-electron chi connectivity index (χ3n) is 3.37. The van der Waals surface area contributed by atoms with Gasteiger partial charge in [0.25, 0.3) is 0 Å². The van der Waals surface area contributed by atoms with Crippen LogP contribution in [0.2, 0.25) is 0 Å². The summed E-state index contributed by atoms with van der Waals surface area (Å²) in [6.07, 6.45) is 0.759. The minimum Gasteiger partial charge on any atom is -0.461 e. The van der Waals surface area contributed by atoms with Crippen LogP contribution in [-0.2, 0) is 11.2 Å².